The summed E-state index contributed by atoms with van der Waals surface area (Å²) in [5, 5.41) is 18.8. The Morgan fingerprint density at radius 2 is 1.93 bits per heavy atom. The zero-order valence-corrected chi connectivity index (χ0v) is 10.1. The standard InChI is InChI=1S/C12H25NO2/c1-3-12(4-2,10-15)9-13-7-5-6-11(13)8-14/h11,14-15H,3-10H2,1-2H3. The molecule has 1 heterocycles. The van der Waals surface area contributed by atoms with E-state index in [2.05, 4.69) is 18.7 Å². The van der Waals surface area contributed by atoms with E-state index < -0.39 is 0 Å². The van der Waals surface area contributed by atoms with Crippen LogP contribution in [0, 0.1) is 5.41 Å². The van der Waals surface area contributed by atoms with Gasteiger partial charge in [0.2, 0.25) is 0 Å². The molecule has 1 atom stereocenters. The van der Waals surface area contributed by atoms with Crippen LogP contribution in [0.2, 0.25) is 0 Å². The minimum Gasteiger partial charge on any atom is -0.396 e. The molecule has 1 unspecified atom stereocenters. The number of rotatable bonds is 6. The first-order valence-electron chi connectivity index (χ1n) is 6.17. The molecule has 1 fully saturated rings. The van der Waals surface area contributed by atoms with Gasteiger partial charge in [0.15, 0.2) is 0 Å². The Kier molecular flexibility index (Phi) is 5.03. The van der Waals surface area contributed by atoms with Crippen LogP contribution in [0.15, 0.2) is 0 Å². The van der Waals surface area contributed by atoms with Crippen LogP contribution < -0.4 is 0 Å². The van der Waals surface area contributed by atoms with Gasteiger partial charge in [0.25, 0.3) is 0 Å². The lowest BCUT2D eigenvalue weighted by Gasteiger charge is -2.36. The van der Waals surface area contributed by atoms with Crippen molar-refractivity contribution in [1.29, 1.82) is 0 Å². The van der Waals surface area contributed by atoms with Crippen molar-refractivity contribution in [2.75, 3.05) is 26.3 Å². The average molecular weight is 215 g/mol. The van der Waals surface area contributed by atoms with Gasteiger partial charge in [-0.05, 0) is 32.2 Å². The van der Waals surface area contributed by atoms with Gasteiger partial charge >= 0.3 is 0 Å². The summed E-state index contributed by atoms with van der Waals surface area (Å²) in [4.78, 5) is 2.35. The minimum absolute atomic E-state index is 0.0394. The Morgan fingerprint density at radius 3 is 2.40 bits per heavy atom. The third-order valence-electron chi connectivity index (χ3n) is 4.08. The molecule has 1 aliphatic rings. The van der Waals surface area contributed by atoms with Crippen molar-refractivity contribution in [2.24, 2.45) is 5.41 Å². The van der Waals surface area contributed by atoms with E-state index >= 15 is 0 Å². The second-order valence-corrected chi connectivity index (χ2v) is 4.81. The van der Waals surface area contributed by atoms with Gasteiger partial charge in [0, 0.05) is 24.6 Å². The SMILES string of the molecule is CCC(CC)(CO)CN1CCCC1CO. The molecule has 2 N–H and O–H groups in total. The monoisotopic (exact) mass is 215 g/mol. The van der Waals surface area contributed by atoms with Crippen LogP contribution in [0.3, 0.4) is 0 Å². The lowest BCUT2D eigenvalue weighted by atomic mass is 9.82. The van der Waals surface area contributed by atoms with Crippen molar-refractivity contribution < 1.29 is 10.2 Å². The predicted molar refractivity (Wildman–Crippen MR) is 61.8 cm³/mol. The van der Waals surface area contributed by atoms with Gasteiger partial charge < -0.3 is 10.2 Å². The Bertz CT molecular complexity index is 172. The van der Waals surface area contributed by atoms with Crippen LogP contribution >= 0.6 is 0 Å². The van der Waals surface area contributed by atoms with Crippen molar-refractivity contribution >= 4 is 0 Å². The molecule has 0 amide bonds. The second-order valence-electron chi connectivity index (χ2n) is 4.81. The highest BCUT2D eigenvalue weighted by Gasteiger charge is 2.33. The van der Waals surface area contributed by atoms with E-state index in [-0.39, 0.29) is 18.6 Å². The van der Waals surface area contributed by atoms with Crippen molar-refractivity contribution in [3.63, 3.8) is 0 Å². The van der Waals surface area contributed by atoms with Gasteiger partial charge in [-0.2, -0.15) is 0 Å². The summed E-state index contributed by atoms with van der Waals surface area (Å²) >= 11 is 0. The second kappa shape index (κ2) is 5.83. The van der Waals surface area contributed by atoms with Crippen molar-refractivity contribution in [1.82, 2.24) is 4.90 Å². The maximum atomic E-state index is 9.51. The van der Waals surface area contributed by atoms with Crippen LogP contribution in [0.25, 0.3) is 0 Å². The van der Waals surface area contributed by atoms with E-state index in [0.717, 1.165) is 32.4 Å². The number of likely N-dealkylation sites (tertiary alicyclic amines) is 1. The molecule has 0 radical (unpaired) electrons. The van der Waals surface area contributed by atoms with Gasteiger partial charge in [-0.25, -0.2) is 0 Å². The average Bonchev–Trinajstić information content (AvgIpc) is 2.73. The van der Waals surface area contributed by atoms with E-state index in [9.17, 15) is 10.2 Å². The number of aliphatic hydroxyl groups excluding tert-OH is 2. The summed E-state index contributed by atoms with van der Waals surface area (Å²) < 4.78 is 0. The molecular formula is C12H25NO2. The van der Waals surface area contributed by atoms with Crippen molar-refractivity contribution in [2.45, 2.75) is 45.6 Å². The number of hydrogen-bond acceptors (Lipinski definition) is 3. The molecule has 0 aromatic carbocycles. The van der Waals surface area contributed by atoms with Gasteiger partial charge in [-0.3, -0.25) is 4.90 Å². The molecule has 0 bridgehead atoms. The highest BCUT2D eigenvalue weighted by atomic mass is 16.3. The zero-order valence-electron chi connectivity index (χ0n) is 10.1. The third kappa shape index (κ3) is 2.92. The van der Waals surface area contributed by atoms with Crippen molar-refractivity contribution in [3.8, 4) is 0 Å². The quantitative estimate of drug-likeness (QED) is 0.700. The first kappa shape index (κ1) is 12.9. The zero-order chi connectivity index (χ0) is 11.3. The minimum atomic E-state index is 0.0394. The highest BCUT2D eigenvalue weighted by molar-refractivity contribution is 4.86. The number of aliphatic hydroxyl groups is 2. The molecule has 0 spiro atoms. The fourth-order valence-electron chi connectivity index (χ4n) is 2.49. The Morgan fingerprint density at radius 1 is 1.27 bits per heavy atom. The molecule has 1 aliphatic heterocycles. The molecule has 90 valence electrons. The van der Waals surface area contributed by atoms with E-state index in [0.29, 0.717) is 6.04 Å². The molecule has 0 saturated carbocycles. The molecule has 0 aliphatic carbocycles. The summed E-state index contributed by atoms with van der Waals surface area (Å²) in [6.07, 6.45) is 4.30. The van der Waals surface area contributed by atoms with Crippen LogP contribution in [0.1, 0.15) is 39.5 Å². The van der Waals surface area contributed by atoms with Crippen molar-refractivity contribution in [3.05, 3.63) is 0 Å². The van der Waals surface area contributed by atoms with E-state index in [1.165, 1.54) is 6.42 Å². The Labute approximate surface area is 93.1 Å². The maximum Gasteiger partial charge on any atom is 0.0586 e. The van der Waals surface area contributed by atoms with E-state index in [1.807, 2.05) is 0 Å². The number of hydrogen-bond donors (Lipinski definition) is 2. The summed E-state index contributed by atoms with van der Waals surface area (Å²) in [7, 11) is 0. The molecule has 3 nitrogen and oxygen atoms in total. The molecule has 3 heteroatoms. The fourth-order valence-corrected chi connectivity index (χ4v) is 2.49. The topological polar surface area (TPSA) is 43.7 Å². The molecule has 15 heavy (non-hydrogen) atoms. The van der Waals surface area contributed by atoms with Crippen LogP contribution in [0.4, 0.5) is 0 Å². The smallest absolute Gasteiger partial charge is 0.0586 e. The fraction of sp³-hybridized carbons (Fsp3) is 1.00. The van der Waals surface area contributed by atoms with Crippen LogP contribution in [0.5, 0.6) is 0 Å². The lowest BCUT2D eigenvalue weighted by Crippen LogP contribution is -2.43. The molecular weight excluding hydrogens is 190 g/mol. The van der Waals surface area contributed by atoms with E-state index in [1.54, 1.807) is 0 Å². The van der Waals surface area contributed by atoms with Gasteiger partial charge in [-0.1, -0.05) is 13.8 Å². The summed E-state index contributed by atoms with van der Waals surface area (Å²) in [6.45, 7) is 6.81. The number of nitrogens with zero attached hydrogens (tertiary/aromatic N) is 1. The molecule has 1 saturated heterocycles. The summed E-state index contributed by atoms with van der Waals surface area (Å²) in [6, 6.07) is 0.328. The molecule has 0 aromatic heterocycles. The largest absolute Gasteiger partial charge is 0.396 e. The Hall–Kier alpha value is -0.120. The Balaban J connectivity index is 2.57. The molecule has 0 aromatic rings. The normalized spacial score (nSPS) is 23.6. The first-order valence-corrected chi connectivity index (χ1v) is 6.17. The molecule has 1 rings (SSSR count). The maximum absolute atomic E-state index is 9.51. The third-order valence-corrected chi connectivity index (χ3v) is 4.08. The summed E-state index contributed by atoms with van der Waals surface area (Å²) in [5.41, 5.74) is 0.0394. The van der Waals surface area contributed by atoms with Gasteiger partial charge in [0.05, 0.1) is 6.61 Å². The lowest BCUT2D eigenvalue weighted by molar-refractivity contribution is 0.0483. The van der Waals surface area contributed by atoms with E-state index in [4.69, 9.17) is 0 Å². The van der Waals surface area contributed by atoms with Gasteiger partial charge in [0.1, 0.15) is 0 Å². The highest BCUT2D eigenvalue weighted by Crippen LogP contribution is 2.30. The predicted octanol–water partition coefficient (Wildman–Crippen LogP) is 1.24. The van der Waals surface area contributed by atoms with Crippen LogP contribution in [-0.4, -0.2) is 47.5 Å². The van der Waals surface area contributed by atoms with Gasteiger partial charge in [-0.15, -0.1) is 0 Å². The summed E-state index contributed by atoms with van der Waals surface area (Å²) in [5.74, 6) is 0. The first-order chi connectivity index (χ1) is 7.21. The van der Waals surface area contributed by atoms with Crippen LogP contribution in [-0.2, 0) is 0 Å².